The molecule has 1 aliphatic heterocycles. The zero-order valence-corrected chi connectivity index (χ0v) is 16.6. The molecule has 28 heavy (non-hydrogen) atoms. The minimum absolute atomic E-state index is 0.0315. The summed E-state index contributed by atoms with van der Waals surface area (Å²) in [6.45, 7) is 2.84. The van der Waals surface area contributed by atoms with Crippen LogP contribution in [0.1, 0.15) is 14.8 Å². The molecule has 0 saturated carbocycles. The number of hydrogen-bond acceptors (Lipinski definition) is 6. The number of carbonyl (C=O) groups excluding carboxylic acids is 1. The van der Waals surface area contributed by atoms with Gasteiger partial charge in [-0.2, -0.15) is 0 Å². The number of aromatic nitrogens is 1. The van der Waals surface area contributed by atoms with Gasteiger partial charge in [-0.25, -0.2) is 0 Å². The van der Waals surface area contributed by atoms with Gasteiger partial charge in [0, 0.05) is 0 Å². The predicted octanol–water partition coefficient (Wildman–Crippen LogP) is 2.78. The van der Waals surface area contributed by atoms with Crippen molar-refractivity contribution in [3.05, 3.63) is 74.7 Å². The van der Waals surface area contributed by atoms with Crippen LogP contribution in [0.5, 0.6) is 0 Å². The fraction of sp³-hybridized carbons (Fsp3) is 0.200. The molecular weight excluding hydrogens is 425 g/mol. The number of morpholine rings is 1. The van der Waals surface area contributed by atoms with Crippen LogP contribution in [0, 0.1) is 10.1 Å². The molecule has 2 heterocycles. The van der Waals surface area contributed by atoms with Crippen LogP contribution in [0.4, 0.5) is 10.4 Å². The van der Waals surface area contributed by atoms with Crippen LogP contribution in [-0.2, 0) is 4.74 Å². The summed E-state index contributed by atoms with van der Waals surface area (Å²) in [5, 5.41) is 10.9. The van der Waals surface area contributed by atoms with Crippen molar-refractivity contribution in [2.24, 2.45) is 0 Å². The van der Waals surface area contributed by atoms with Crippen molar-refractivity contribution in [1.82, 2.24) is 4.98 Å². The normalized spacial score (nSPS) is 14.1. The van der Waals surface area contributed by atoms with Gasteiger partial charge >= 0.3 is 167 Å². The van der Waals surface area contributed by atoms with Crippen LogP contribution in [0.15, 0.2) is 54.6 Å². The Labute approximate surface area is 167 Å². The van der Waals surface area contributed by atoms with Gasteiger partial charge in [-0.15, -0.1) is 0 Å². The van der Waals surface area contributed by atoms with Crippen LogP contribution in [0.25, 0.3) is 11.3 Å². The van der Waals surface area contributed by atoms with Gasteiger partial charge in [0.2, 0.25) is 0 Å². The standard InChI is InChI=1S/C20H17N3O4Se/c24-18(15-6-8-16(9-7-15)23(25)26)19-17(14-4-2-1-3-5-14)21-20(28-19)22-10-12-27-13-11-22/h1-9H,10-13H2. The van der Waals surface area contributed by atoms with Gasteiger partial charge in [-0.3, -0.25) is 0 Å². The van der Waals surface area contributed by atoms with Gasteiger partial charge in [0.1, 0.15) is 0 Å². The second-order valence-electron chi connectivity index (χ2n) is 6.27. The molecule has 1 aromatic heterocycles. The third-order valence-electron chi connectivity index (χ3n) is 4.49. The first-order valence-corrected chi connectivity index (χ1v) is 10.5. The molecular formula is C20H17N3O4Se. The molecule has 7 nitrogen and oxygen atoms in total. The number of anilines is 1. The SMILES string of the molecule is O=C(c1ccc([N+](=O)[O-])cc1)c1[se]c(N2CCOCC2)nc1-c1ccccc1. The van der Waals surface area contributed by atoms with Gasteiger partial charge in [0.15, 0.2) is 0 Å². The number of hydrogen-bond donors (Lipinski definition) is 0. The van der Waals surface area contributed by atoms with Gasteiger partial charge in [-0.1, -0.05) is 0 Å². The summed E-state index contributed by atoms with van der Waals surface area (Å²) in [5.74, 6) is -0.124. The number of nitrogens with zero attached hydrogens (tertiary/aromatic N) is 3. The monoisotopic (exact) mass is 443 g/mol. The topological polar surface area (TPSA) is 85.6 Å². The molecule has 0 unspecified atom stereocenters. The van der Waals surface area contributed by atoms with Gasteiger partial charge in [0.25, 0.3) is 0 Å². The second-order valence-corrected chi connectivity index (χ2v) is 8.32. The second kappa shape index (κ2) is 8.06. The molecule has 4 rings (SSSR count). The van der Waals surface area contributed by atoms with E-state index < -0.39 is 4.92 Å². The molecule has 1 fully saturated rings. The van der Waals surface area contributed by atoms with Crippen LogP contribution in [-0.4, -0.2) is 56.5 Å². The summed E-state index contributed by atoms with van der Waals surface area (Å²) in [7, 11) is 0. The maximum absolute atomic E-state index is 13.2. The molecule has 0 radical (unpaired) electrons. The van der Waals surface area contributed by atoms with Gasteiger partial charge < -0.3 is 0 Å². The van der Waals surface area contributed by atoms with E-state index >= 15 is 0 Å². The number of ketones is 1. The Morgan fingerprint density at radius 1 is 1.07 bits per heavy atom. The zero-order valence-electron chi connectivity index (χ0n) is 14.9. The maximum atomic E-state index is 13.2. The van der Waals surface area contributed by atoms with Crippen LogP contribution in [0.2, 0.25) is 0 Å². The average Bonchev–Trinajstić information content (AvgIpc) is 3.20. The Hall–Kier alpha value is -2.80. The Bertz CT molecular complexity index is 996. The van der Waals surface area contributed by atoms with Crippen LogP contribution in [0.3, 0.4) is 0 Å². The molecule has 0 atom stereocenters. The first-order valence-electron chi connectivity index (χ1n) is 8.81. The number of nitro groups is 1. The van der Waals surface area contributed by atoms with Crippen molar-refractivity contribution in [2.75, 3.05) is 31.2 Å². The van der Waals surface area contributed by atoms with E-state index in [1.165, 1.54) is 24.3 Å². The average molecular weight is 442 g/mol. The zero-order chi connectivity index (χ0) is 19.5. The number of ether oxygens (including phenoxy) is 1. The van der Waals surface area contributed by atoms with E-state index in [0.717, 1.165) is 23.3 Å². The fourth-order valence-corrected chi connectivity index (χ4v) is 5.32. The Kier molecular flexibility index (Phi) is 5.34. The van der Waals surface area contributed by atoms with Crippen molar-refractivity contribution >= 4 is 30.7 Å². The Balaban J connectivity index is 1.74. The first kappa shape index (κ1) is 18.6. The fourth-order valence-electron chi connectivity index (χ4n) is 3.01. The molecule has 0 bridgehead atoms. The summed E-state index contributed by atoms with van der Waals surface area (Å²) in [6.07, 6.45) is 0. The summed E-state index contributed by atoms with van der Waals surface area (Å²) in [5.41, 5.74) is 2.01. The van der Waals surface area contributed by atoms with Crippen molar-refractivity contribution in [1.29, 1.82) is 0 Å². The van der Waals surface area contributed by atoms with E-state index in [1.807, 2.05) is 30.3 Å². The number of benzene rings is 2. The van der Waals surface area contributed by atoms with Crippen molar-refractivity contribution < 1.29 is 14.5 Å². The molecule has 0 aliphatic carbocycles. The van der Waals surface area contributed by atoms with E-state index in [9.17, 15) is 14.9 Å². The van der Waals surface area contributed by atoms with E-state index in [4.69, 9.17) is 9.72 Å². The van der Waals surface area contributed by atoms with Gasteiger partial charge in [-0.05, 0) is 0 Å². The summed E-state index contributed by atoms with van der Waals surface area (Å²) in [6, 6.07) is 15.4. The summed E-state index contributed by atoms with van der Waals surface area (Å²) in [4.78, 5) is 30.6. The molecule has 2 aromatic carbocycles. The predicted molar refractivity (Wildman–Crippen MR) is 106 cm³/mol. The molecule has 3 aromatic rings. The molecule has 0 spiro atoms. The number of nitro benzene ring substituents is 1. The van der Waals surface area contributed by atoms with Crippen molar-refractivity contribution in [3.8, 4) is 11.3 Å². The van der Waals surface area contributed by atoms with Crippen LogP contribution < -0.4 is 4.90 Å². The summed E-state index contributed by atoms with van der Waals surface area (Å²) >= 11 is -0.235. The van der Waals surface area contributed by atoms with Crippen LogP contribution >= 0.6 is 0 Å². The number of rotatable bonds is 5. The molecule has 0 N–H and O–H groups in total. The quantitative estimate of drug-likeness (QED) is 0.262. The van der Waals surface area contributed by atoms with E-state index in [2.05, 4.69) is 4.90 Å². The molecule has 1 aliphatic rings. The third-order valence-corrected chi connectivity index (χ3v) is 6.83. The summed E-state index contributed by atoms with van der Waals surface area (Å²) < 4.78 is 7.03. The number of carbonyl (C=O) groups is 1. The van der Waals surface area contributed by atoms with Gasteiger partial charge in [0.05, 0.1) is 0 Å². The minimum atomic E-state index is -0.470. The van der Waals surface area contributed by atoms with E-state index in [-0.39, 0.29) is 26.0 Å². The Morgan fingerprint density at radius 3 is 2.39 bits per heavy atom. The molecule has 1 saturated heterocycles. The number of non-ortho nitro benzene ring substituents is 1. The molecule has 8 heteroatoms. The third kappa shape index (κ3) is 3.75. The van der Waals surface area contributed by atoms with Crippen molar-refractivity contribution in [2.45, 2.75) is 0 Å². The molecule has 142 valence electrons. The van der Waals surface area contributed by atoms with E-state index in [0.29, 0.717) is 28.9 Å². The first-order chi connectivity index (χ1) is 13.6. The van der Waals surface area contributed by atoms with Crippen molar-refractivity contribution in [3.63, 3.8) is 0 Å². The van der Waals surface area contributed by atoms with E-state index in [1.54, 1.807) is 0 Å². The molecule has 0 amide bonds. The Morgan fingerprint density at radius 2 is 1.75 bits per heavy atom.